The number of ether oxygens (including phenoxy) is 3. The van der Waals surface area contributed by atoms with E-state index in [-0.39, 0.29) is 24.0 Å². The average Bonchev–Trinajstić information content (AvgIpc) is 3.09. The zero-order chi connectivity index (χ0) is 19.8. The standard InChI is InChI=1S/C19H29N5O3.HI/c1-20-19(23(2)12-14-11-22-24(3)13-14)21-8-7-16-17(26-5)9-15(25-4)10-18(16)27-6;/h9-11,13H,7-8,12H2,1-6H3,(H,20,21);1H. The van der Waals surface area contributed by atoms with Crippen LogP contribution < -0.4 is 19.5 Å². The normalized spacial score (nSPS) is 10.9. The molecule has 0 fully saturated rings. The predicted molar refractivity (Wildman–Crippen MR) is 121 cm³/mol. The lowest BCUT2D eigenvalue weighted by Crippen LogP contribution is -2.39. The van der Waals surface area contributed by atoms with Gasteiger partial charge in [-0.1, -0.05) is 0 Å². The summed E-state index contributed by atoms with van der Waals surface area (Å²) < 4.78 is 18.1. The van der Waals surface area contributed by atoms with Crippen LogP contribution in [0.25, 0.3) is 0 Å². The van der Waals surface area contributed by atoms with Crippen LogP contribution >= 0.6 is 24.0 Å². The summed E-state index contributed by atoms with van der Waals surface area (Å²) in [5.74, 6) is 3.00. The van der Waals surface area contributed by atoms with Crippen LogP contribution in [0.2, 0.25) is 0 Å². The Bertz CT molecular complexity index is 754. The van der Waals surface area contributed by atoms with Crippen molar-refractivity contribution < 1.29 is 14.2 Å². The van der Waals surface area contributed by atoms with Gasteiger partial charge in [0.1, 0.15) is 17.2 Å². The monoisotopic (exact) mass is 503 g/mol. The molecule has 9 heteroatoms. The lowest BCUT2D eigenvalue weighted by atomic mass is 10.1. The smallest absolute Gasteiger partial charge is 0.193 e. The van der Waals surface area contributed by atoms with E-state index in [1.54, 1.807) is 33.1 Å². The summed E-state index contributed by atoms with van der Waals surface area (Å²) >= 11 is 0. The molecule has 2 aromatic rings. The van der Waals surface area contributed by atoms with Crippen LogP contribution in [0.5, 0.6) is 17.2 Å². The summed E-state index contributed by atoms with van der Waals surface area (Å²) in [5.41, 5.74) is 2.11. The van der Waals surface area contributed by atoms with Gasteiger partial charge in [-0.25, -0.2) is 0 Å². The minimum absolute atomic E-state index is 0. The molecule has 156 valence electrons. The number of aliphatic imine (C=N–C) groups is 1. The third kappa shape index (κ3) is 6.18. The van der Waals surface area contributed by atoms with Crippen LogP contribution in [0, 0.1) is 0 Å². The van der Waals surface area contributed by atoms with E-state index in [0.717, 1.165) is 41.6 Å². The van der Waals surface area contributed by atoms with Gasteiger partial charge < -0.3 is 24.4 Å². The molecule has 28 heavy (non-hydrogen) atoms. The zero-order valence-corrected chi connectivity index (χ0v) is 19.7. The quantitative estimate of drug-likeness (QED) is 0.339. The third-order valence-electron chi connectivity index (χ3n) is 4.23. The molecule has 0 bridgehead atoms. The SMILES string of the molecule is CN=C(NCCc1c(OC)cc(OC)cc1OC)N(C)Cc1cnn(C)c1.I. The molecule has 1 heterocycles. The van der Waals surface area contributed by atoms with Crippen LogP contribution in [0.1, 0.15) is 11.1 Å². The van der Waals surface area contributed by atoms with E-state index in [4.69, 9.17) is 14.2 Å². The molecule has 0 radical (unpaired) electrons. The molecule has 0 saturated heterocycles. The molecule has 0 saturated carbocycles. The largest absolute Gasteiger partial charge is 0.496 e. The summed E-state index contributed by atoms with van der Waals surface area (Å²) in [6.45, 7) is 1.41. The van der Waals surface area contributed by atoms with E-state index < -0.39 is 0 Å². The third-order valence-corrected chi connectivity index (χ3v) is 4.23. The first kappa shape index (κ1) is 23.9. The van der Waals surface area contributed by atoms with E-state index in [9.17, 15) is 0 Å². The van der Waals surface area contributed by atoms with Crippen LogP contribution in [-0.2, 0) is 20.0 Å². The fourth-order valence-electron chi connectivity index (χ4n) is 2.91. The molecule has 2 rings (SSSR count). The highest BCUT2D eigenvalue weighted by Gasteiger charge is 2.14. The molecule has 0 aliphatic heterocycles. The number of aromatic nitrogens is 2. The fraction of sp³-hybridized carbons (Fsp3) is 0.474. The topological polar surface area (TPSA) is 73.1 Å². The van der Waals surface area contributed by atoms with E-state index in [0.29, 0.717) is 12.3 Å². The van der Waals surface area contributed by atoms with E-state index in [2.05, 4.69) is 20.3 Å². The van der Waals surface area contributed by atoms with Gasteiger partial charge in [-0.3, -0.25) is 9.67 Å². The number of benzene rings is 1. The first-order chi connectivity index (χ1) is 13.0. The number of nitrogens with zero attached hydrogens (tertiary/aromatic N) is 4. The maximum atomic E-state index is 5.51. The summed E-state index contributed by atoms with van der Waals surface area (Å²) in [6.07, 6.45) is 4.57. The van der Waals surface area contributed by atoms with Crippen LogP contribution in [0.4, 0.5) is 0 Å². The van der Waals surface area contributed by atoms with E-state index in [1.807, 2.05) is 38.6 Å². The molecule has 0 amide bonds. The van der Waals surface area contributed by atoms with Gasteiger partial charge in [0.15, 0.2) is 5.96 Å². The summed E-state index contributed by atoms with van der Waals surface area (Å²) in [4.78, 5) is 6.41. The second-order valence-electron chi connectivity index (χ2n) is 6.11. The van der Waals surface area contributed by atoms with Crippen molar-refractivity contribution in [2.75, 3.05) is 42.0 Å². The zero-order valence-electron chi connectivity index (χ0n) is 17.4. The number of rotatable bonds is 8. The number of hydrogen-bond donors (Lipinski definition) is 1. The van der Waals surface area contributed by atoms with Crippen molar-refractivity contribution in [1.82, 2.24) is 20.0 Å². The Morgan fingerprint density at radius 1 is 1.18 bits per heavy atom. The second kappa shape index (κ2) is 11.6. The molecule has 1 aromatic heterocycles. The highest BCUT2D eigenvalue weighted by Crippen LogP contribution is 2.34. The molecule has 0 aliphatic rings. The predicted octanol–water partition coefficient (Wildman–Crippen LogP) is 2.31. The number of nitrogens with one attached hydrogen (secondary N) is 1. The summed E-state index contributed by atoms with van der Waals surface area (Å²) in [7, 11) is 10.6. The van der Waals surface area contributed by atoms with Gasteiger partial charge in [-0.05, 0) is 6.42 Å². The Morgan fingerprint density at radius 3 is 2.29 bits per heavy atom. The van der Waals surface area contributed by atoms with E-state index in [1.165, 1.54) is 0 Å². The average molecular weight is 503 g/mol. The molecule has 0 atom stereocenters. The number of hydrogen-bond acceptors (Lipinski definition) is 5. The van der Waals surface area contributed by atoms with Crippen molar-refractivity contribution in [1.29, 1.82) is 0 Å². The number of guanidine groups is 1. The molecular weight excluding hydrogens is 473 g/mol. The Labute approximate surface area is 183 Å². The van der Waals surface area contributed by atoms with E-state index >= 15 is 0 Å². The van der Waals surface area contributed by atoms with Crippen molar-refractivity contribution in [3.8, 4) is 17.2 Å². The Balaban J connectivity index is 0.00000392. The van der Waals surface area contributed by atoms with Crippen molar-refractivity contribution >= 4 is 29.9 Å². The minimum Gasteiger partial charge on any atom is -0.496 e. The molecule has 1 N–H and O–H groups in total. The Morgan fingerprint density at radius 2 is 1.82 bits per heavy atom. The highest BCUT2D eigenvalue weighted by molar-refractivity contribution is 14.0. The van der Waals surface area contributed by atoms with Gasteiger partial charge in [-0.15, -0.1) is 24.0 Å². The van der Waals surface area contributed by atoms with Crippen molar-refractivity contribution in [3.63, 3.8) is 0 Å². The second-order valence-corrected chi connectivity index (χ2v) is 6.11. The first-order valence-corrected chi connectivity index (χ1v) is 8.70. The van der Waals surface area contributed by atoms with Gasteiger partial charge in [0, 0.05) is 63.7 Å². The lowest BCUT2D eigenvalue weighted by molar-refractivity contribution is 0.368. The Hall–Kier alpha value is -2.17. The van der Waals surface area contributed by atoms with Crippen molar-refractivity contribution in [3.05, 3.63) is 35.7 Å². The maximum Gasteiger partial charge on any atom is 0.193 e. The van der Waals surface area contributed by atoms with Crippen molar-refractivity contribution in [2.24, 2.45) is 12.0 Å². The van der Waals surface area contributed by atoms with Gasteiger partial charge in [0.2, 0.25) is 0 Å². The summed E-state index contributed by atoms with van der Waals surface area (Å²) in [6, 6.07) is 3.72. The molecular formula is C19H30IN5O3. The van der Waals surface area contributed by atoms with Gasteiger partial charge >= 0.3 is 0 Å². The molecule has 0 unspecified atom stereocenters. The highest BCUT2D eigenvalue weighted by atomic mass is 127. The Kier molecular flexibility index (Phi) is 9.91. The maximum absolute atomic E-state index is 5.51. The minimum atomic E-state index is 0. The van der Waals surface area contributed by atoms with Crippen LogP contribution in [0.3, 0.4) is 0 Å². The summed E-state index contributed by atoms with van der Waals surface area (Å²) in [5, 5.41) is 7.58. The molecule has 1 aromatic carbocycles. The molecule has 8 nitrogen and oxygen atoms in total. The number of methoxy groups -OCH3 is 3. The van der Waals surface area contributed by atoms with Crippen LogP contribution in [0.15, 0.2) is 29.5 Å². The van der Waals surface area contributed by atoms with Gasteiger partial charge in [0.05, 0.1) is 27.5 Å². The number of aryl methyl sites for hydroxylation is 1. The van der Waals surface area contributed by atoms with Gasteiger partial charge in [-0.2, -0.15) is 5.10 Å². The molecule has 0 aliphatic carbocycles. The van der Waals surface area contributed by atoms with Gasteiger partial charge in [0.25, 0.3) is 0 Å². The molecule has 0 spiro atoms. The van der Waals surface area contributed by atoms with Crippen molar-refractivity contribution in [2.45, 2.75) is 13.0 Å². The fourth-order valence-corrected chi connectivity index (χ4v) is 2.91. The number of halogens is 1. The first-order valence-electron chi connectivity index (χ1n) is 8.70. The lowest BCUT2D eigenvalue weighted by Gasteiger charge is -2.22. The van der Waals surface area contributed by atoms with Crippen LogP contribution in [-0.4, -0.2) is 62.6 Å².